The van der Waals surface area contributed by atoms with Gasteiger partial charge in [-0.25, -0.2) is 9.59 Å². The van der Waals surface area contributed by atoms with Gasteiger partial charge < -0.3 is 24.5 Å². The van der Waals surface area contributed by atoms with Crippen LogP contribution in [0.3, 0.4) is 0 Å². The zero-order chi connectivity index (χ0) is 25.9. The lowest BCUT2D eigenvalue weighted by molar-refractivity contribution is -0.139. The molecule has 0 saturated carbocycles. The van der Waals surface area contributed by atoms with Gasteiger partial charge in [-0.1, -0.05) is 55.5 Å². The predicted octanol–water partition coefficient (Wildman–Crippen LogP) is 5.59. The number of nitrogens with zero attached hydrogens (tertiary/aromatic N) is 1. The van der Waals surface area contributed by atoms with Crippen molar-refractivity contribution in [2.75, 3.05) is 13.7 Å². The molecule has 0 bridgehead atoms. The van der Waals surface area contributed by atoms with Crippen molar-refractivity contribution in [3.63, 3.8) is 0 Å². The number of amides is 1. The molecule has 0 fully saturated rings. The molecule has 3 aromatic carbocycles. The molecule has 5 rings (SSSR count). The largest absolute Gasteiger partial charge is 0.497 e. The minimum Gasteiger partial charge on any atom is -0.497 e. The van der Waals surface area contributed by atoms with Gasteiger partial charge in [0.1, 0.15) is 18.4 Å². The number of carbonyl (C=O) groups is 2. The molecule has 1 aromatic heterocycles. The summed E-state index contributed by atoms with van der Waals surface area (Å²) in [5.74, 6) is -0.520. The lowest BCUT2D eigenvalue weighted by atomic mass is 9.98. The van der Waals surface area contributed by atoms with Crippen LogP contribution in [0.5, 0.6) is 5.75 Å². The Hall–Kier alpha value is -4.26. The van der Waals surface area contributed by atoms with E-state index >= 15 is 0 Å². The summed E-state index contributed by atoms with van der Waals surface area (Å²) in [7, 11) is 1.60. The van der Waals surface area contributed by atoms with Gasteiger partial charge in [-0.2, -0.15) is 0 Å². The lowest BCUT2D eigenvalue weighted by Crippen LogP contribution is -2.42. The van der Waals surface area contributed by atoms with Crippen LogP contribution in [0.1, 0.15) is 36.0 Å². The molecule has 7 heteroatoms. The average molecular weight is 499 g/mol. The number of carboxylic acid groups (broad SMARTS) is 1. The van der Waals surface area contributed by atoms with Crippen molar-refractivity contribution in [1.29, 1.82) is 0 Å². The number of aryl methyl sites for hydroxylation is 1. The van der Waals surface area contributed by atoms with E-state index in [9.17, 15) is 14.7 Å². The van der Waals surface area contributed by atoms with Crippen LogP contribution in [-0.4, -0.2) is 41.5 Å². The van der Waals surface area contributed by atoms with Crippen molar-refractivity contribution in [2.45, 2.75) is 38.3 Å². The quantitative estimate of drug-likeness (QED) is 0.314. The second-order valence-corrected chi connectivity index (χ2v) is 9.30. The third kappa shape index (κ3) is 4.77. The van der Waals surface area contributed by atoms with Crippen LogP contribution in [-0.2, 0) is 22.5 Å². The molecule has 0 aliphatic heterocycles. The van der Waals surface area contributed by atoms with E-state index in [1.54, 1.807) is 7.11 Å². The fourth-order valence-electron chi connectivity index (χ4n) is 5.27. The second kappa shape index (κ2) is 10.4. The number of hydrogen-bond donors (Lipinski definition) is 2. The van der Waals surface area contributed by atoms with Gasteiger partial charge in [0.15, 0.2) is 0 Å². The van der Waals surface area contributed by atoms with Gasteiger partial charge in [0.25, 0.3) is 0 Å². The number of aliphatic carboxylic acids is 1. The topological polar surface area (TPSA) is 89.8 Å². The first-order valence-electron chi connectivity index (χ1n) is 12.5. The van der Waals surface area contributed by atoms with E-state index in [-0.39, 0.29) is 18.9 Å². The summed E-state index contributed by atoms with van der Waals surface area (Å²) in [4.78, 5) is 24.9. The summed E-state index contributed by atoms with van der Waals surface area (Å²) >= 11 is 0. The highest BCUT2D eigenvalue weighted by Crippen LogP contribution is 2.44. The Labute approximate surface area is 215 Å². The molecule has 7 nitrogen and oxygen atoms in total. The van der Waals surface area contributed by atoms with Gasteiger partial charge in [0.2, 0.25) is 0 Å². The first-order chi connectivity index (χ1) is 18.0. The molecule has 2 N–H and O–H groups in total. The minimum absolute atomic E-state index is 0.0964. The standard InChI is InChI=1S/C30H30N2O5/c1-3-14-32-17-19(25-16-20(36-2)12-13-28(25)32)15-27(29(33)34)31-30(35)37-18-26-23-10-6-4-8-21(23)22-9-5-7-11-24(22)26/h4-13,16-17,26-27H,3,14-15,18H2,1-2H3,(H,31,35)(H,33,34). The number of methoxy groups -OCH3 is 1. The van der Waals surface area contributed by atoms with E-state index in [1.807, 2.05) is 60.8 Å². The molecule has 1 unspecified atom stereocenters. The number of carboxylic acids is 1. The summed E-state index contributed by atoms with van der Waals surface area (Å²) in [5.41, 5.74) is 6.30. The molecule has 190 valence electrons. The summed E-state index contributed by atoms with van der Waals surface area (Å²) in [6.07, 6.45) is 2.28. The number of fused-ring (bicyclic) bond motifs is 4. The van der Waals surface area contributed by atoms with E-state index in [1.165, 1.54) is 0 Å². The van der Waals surface area contributed by atoms with Crippen LogP contribution in [0.25, 0.3) is 22.0 Å². The number of carbonyl (C=O) groups excluding carboxylic acids is 1. The van der Waals surface area contributed by atoms with E-state index in [2.05, 4.69) is 28.9 Å². The van der Waals surface area contributed by atoms with Crippen LogP contribution in [0.2, 0.25) is 0 Å². The van der Waals surface area contributed by atoms with E-state index < -0.39 is 18.1 Å². The van der Waals surface area contributed by atoms with Crippen molar-refractivity contribution in [2.24, 2.45) is 0 Å². The molecule has 1 aliphatic carbocycles. The Morgan fingerprint density at radius 2 is 1.70 bits per heavy atom. The van der Waals surface area contributed by atoms with Crippen LogP contribution >= 0.6 is 0 Å². The molecule has 1 aliphatic rings. The van der Waals surface area contributed by atoms with Crippen LogP contribution < -0.4 is 10.1 Å². The van der Waals surface area contributed by atoms with Gasteiger partial charge in [0, 0.05) is 36.0 Å². The van der Waals surface area contributed by atoms with Crippen molar-refractivity contribution >= 4 is 23.0 Å². The van der Waals surface area contributed by atoms with Gasteiger partial charge in [0.05, 0.1) is 7.11 Å². The summed E-state index contributed by atoms with van der Waals surface area (Å²) in [6, 6.07) is 20.8. The highest BCUT2D eigenvalue weighted by molar-refractivity contribution is 5.87. The number of benzene rings is 3. The van der Waals surface area contributed by atoms with Crippen molar-refractivity contribution in [1.82, 2.24) is 9.88 Å². The Balaban J connectivity index is 1.32. The first kappa shape index (κ1) is 24.4. The van der Waals surface area contributed by atoms with E-state index in [4.69, 9.17) is 9.47 Å². The van der Waals surface area contributed by atoms with Crippen molar-refractivity contribution in [3.05, 3.63) is 89.6 Å². The minimum atomic E-state index is -1.14. The highest BCUT2D eigenvalue weighted by Gasteiger charge is 2.30. The highest BCUT2D eigenvalue weighted by atomic mass is 16.5. The average Bonchev–Trinajstić information content (AvgIpc) is 3.42. The molecular formula is C30H30N2O5. The summed E-state index contributed by atoms with van der Waals surface area (Å²) in [5, 5.41) is 13.4. The zero-order valence-electron chi connectivity index (χ0n) is 20.9. The molecule has 1 atom stereocenters. The zero-order valence-corrected chi connectivity index (χ0v) is 20.9. The third-order valence-corrected chi connectivity index (χ3v) is 6.99. The Bertz CT molecular complexity index is 1410. The normalized spacial score (nSPS) is 13.1. The van der Waals surface area contributed by atoms with Crippen LogP contribution in [0.15, 0.2) is 72.9 Å². The Kier molecular flexibility index (Phi) is 6.86. The van der Waals surface area contributed by atoms with E-state index in [0.29, 0.717) is 5.75 Å². The Morgan fingerprint density at radius 1 is 1.03 bits per heavy atom. The molecule has 1 amide bonds. The second-order valence-electron chi connectivity index (χ2n) is 9.30. The SMILES string of the molecule is CCCn1cc(CC(NC(=O)OCC2c3ccccc3-c3ccccc32)C(=O)O)c2cc(OC)ccc21. The summed E-state index contributed by atoms with van der Waals surface area (Å²) < 4.78 is 13.1. The van der Waals surface area contributed by atoms with Gasteiger partial charge in [-0.05, 0) is 52.4 Å². The van der Waals surface area contributed by atoms with Crippen molar-refractivity contribution < 1.29 is 24.2 Å². The number of aromatic nitrogens is 1. The first-order valence-corrected chi connectivity index (χ1v) is 12.5. The molecule has 4 aromatic rings. The van der Waals surface area contributed by atoms with Crippen LogP contribution in [0, 0.1) is 0 Å². The number of rotatable bonds is 9. The third-order valence-electron chi connectivity index (χ3n) is 6.99. The lowest BCUT2D eigenvalue weighted by Gasteiger charge is -2.17. The number of nitrogens with one attached hydrogen (secondary N) is 1. The smallest absolute Gasteiger partial charge is 0.407 e. The van der Waals surface area contributed by atoms with Crippen molar-refractivity contribution in [3.8, 4) is 16.9 Å². The van der Waals surface area contributed by atoms with Gasteiger partial charge in [-0.3, -0.25) is 0 Å². The number of ether oxygens (including phenoxy) is 2. The molecule has 0 spiro atoms. The van der Waals surface area contributed by atoms with E-state index in [0.717, 1.165) is 51.7 Å². The summed E-state index contributed by atoms with van der Waals surface area (Å²) in [6.45, 7) is 3.02. The fraction of sp³-hybridized carbons (Fsp3) is 0.267. The molecule has 37 heavy (non-hydrogen) atoms. The number of alkyl carbamates (subject to hydrolysis) is 1. The molecule has 0 saturated heterocycles. The maximum atomic E-state index is 12.8. The van der Waals surface area contributed by atoms with Gasteiger partial charge >= 0.3 is 12.1 Å². The number of hydrogen-bond acceptors (Lipinski definition) is 4. The van der Waals surface area contributed by atoms with Crippen LogP contribution in [0.4, 0.5) is 4.79 Å². The van der Waals surface area contributed by atoms with Gasteiger partial charge in [-0.15, -0.1) is 0 Å². The maximum Gasteiger partial charge on any atom is 0.407 e. The molecule has 1 heterocycles. The molecular weight excluding hydrogens is 468 g/mol. The fourth-order valence-corrected chi connectivity index (χ4v) is 5.27. The predicted molar refractivity (Wildman–Crippen MR) is 142 cm³/mol. The maximum absolute atomic E-state index is 12.8. The Morgan fingerprint density at radius 3 is 2.32 bits per heavy atom. The monoisotopic (exact) mass is 498 g/mol. The molecule has 0 radical (unpaired) electrons.